The van der Waals surface area contributed by atoms with Gasteiger partial charge in [-0.05, 0) is 12.1 Å². The van der Waals surface area contributed by atoms with Crippen molar-refractivity contribution in [2.45, 2.75) is 0 Å². The molecule has 0 saturated carbocycles. The molecule has 1 rings (SSSR count). The summed E-state index contributed by atoms with van der Waals surface area (Å²) in [6.07, 6.45) is 0. The number of nitrogens with one attached hydrogen (secondary N) is 1. The number of carbonyl (C=O) groups is 2. The van der Waals surface area contributed by atoms with Gasteiger partial charge in [-0.1, -0.05) is 24.0 Å². The summed E-state index contributed by atoms with van der Waals surface area (Å²) in [6.45, 7) is 0.0123. The highest BCUT2D eigenvalue weighted by Crippen LogP contribution is 2.06. The number of benzene rings is 1. The Bertz CT molecular complexity index is 531. The zero-order valence-electron chi connectivity index (χ0n) is 10.9. The smallest absolute Gasteiger partial charge is 0.252 e. The Morgan fingerprint density at radius 3 is 2.80 bits per heavy atom. The maximum Gasteiger partial charge on any atom is 0.252 e. The Morgan fingerprint density at radius 2 is 2.10 bits per heavy atom. The average molecular weight is 276 g/mol. The third-order valence-corrected chi connectivity index (χ3v) is 2.25. The second kappa shape index (κ2) is 8.69. The summed E-state index contributed by atoms with van der Waals surface area (Å²) in [5.74, 6) is 4.35. The summed E-state index contributed by atoms with van der Waals surface area (Å²) in [5.41, 5.74) is 5.86. The second-order valence-electron chi connectivity index (χ2n) is 3.78. The SMILES string of the molecule is NC(=O)COCCNC(=O)c1ccccc1C#CCO. The van der Waals surface area contributed by atoms with E-state index in [2.05, 4.69) is 17.2 Å². The second-order valence-corrected chi connectivity index (χ2v) is 3.78. The first-order chi connectivity index (χ1) is 9.65. The molecule has 0 heterocycles. The maximum absolute atomic E-state index is 11.9. The Labute approximate surface area is 116 Å². The van der Waals surface area contributed by atoms with E-state index in [-0.39, 0.29) is 32.3 Å². The van der Waals surface area contributed by atoms with E-state index in [1.165, 1.54) is 0 Å². The predicted octanol–water partition coefficient (Wildman–Crippen LogP) is -0.738. The van der Waals surface area contributed by atoms with Crippen molar-refractivity contribution in [2.24, 2.45) is 5.73 Å². The van der Waals surface area contributed by atoms with E-state index in [9.17, 15) is 9.59 Å². The molecule has 0 atom stereocenters. The molecule has 0 bridgehead atoms. The molecule has 0 spiro atoms. The van der Waals surface area contributed by atoms with Gasteiger partial charge in [0, 0.05) is 12.1 Å². The summed E-state index contributed by atoms with van der Waals surface area (Å²) in [5, 5.41) is 11.3. The predicted molar refractivity (Wildman–Crippen MR) is 72.8 cm³/mol. The fourth-order valence-electron chi connectivity index (χ4n) is 1.43. The minimum absolute atomic E-state index is 0.172. The van der Waals surface area contributed by atoms with Gasteiger partial charge < -0.3 is 20.9 Å². The van der Waals surface area contributed by atoms with Crippen molar-refractivity contribution in [2.75, 3.05) is 26.4 Å². The van der Waals surface area contributed by atoms with Crippen LogP contribution in [0.25, 0.3) is 0 Å². The first-order valence-corrected chi connectivity index (χ1v) is 5.98. The van der Waals surface area contributed by atoms with Gasteiger partial charge in [-0.25, -0.2) is 0 Å². The molecule has 106 valence electrons. The summed E-state index contributed by atoms with van der Waals surface area (Å²) in [7, 11) is 0. The van der Waals surface area contributed by atoms with Crippen LogP contribution in [0.2, 0.25) is 0 Å². The van der Waals surface area contributed by atoms with Crippen LogP contribution in [0.4, 0.5) is 0 Å². The van der Waals surface area contributed by atoms with Crippen LogP contribution in [0.1, 0.15) is 15.9 Å². The monoisotopic (exact) mass is 276 g/mol. The van der Waals surface area contributed by atoms with Crippen LogP contribution in [0.5, 0.6) is 0 Å². The number of nitrogens with two attached hydrogens (primary N) is 1. The molecule has 0 aromatic heterocycles. The molecule has 1 aromatic rings. The molecule has 0 radical (unpaired) electrons. The fourth-order valence-corrected chi connectivity index (χ4v) is 1.43. The summed E-state index contributed by atoms with van der Waals surface area (Å²) >= 11 is 0. The van der Waals surface area contributed by atoms with Crippen molar-refractivity contribution in [1.82, 2.24) is 5.32 Å². The van der Waals surface area contributed by atoms with Crippen LogP contribution in [0, 0.1) is 11.8 Å². The topological polar surface area (TPSA) is 102 Å². The number of ether oxygens (including phenoxy) is 1. The van der Waals surface area contributed by atoms with Gasteiger partial charge in [0.05, 0.1) is 12.2 Å². The minimum atomic E-state index is -0.555. The number of aliphatic hydroxyl groups is 1. The van der Waals surface area contributed by atoms with Crippen LogP contribution in [-0.2, 0) is 9.53 Å². The van der Waals surface area contributed by atoms with Gasteiger partial charge in [-0.3, -0.25) is 9.59 Å². The molecule has 6 heteroatoms. The molecule has 0 aliphatic heterocycles. The molecule has 1 aromatic carbocycles. The molecular weight excluding hydrogens is 260 g/mol. The zero-order valence-corrected chi connectivity index (χ0v) is 10.9. The number of hydrogen-bond donors (Lipinski definition) is 3. The van der Waals surface area contributed by atoms with E-state index in [0.717, 1.165) is 0 Å². The quantitative estimate of drug-likeness (QED) is 0.470. The third kappa shape index (κ3) is 5.52. The van der Waals surface area contributed by atoms with E-state index in [0.29, 0.717) is 11.1 Å². The minimum Gasteiger partial charge on any atom is -0.384 e. The Balaban J connectivity index is 2.53. The molecule has 6 nitrogen and oxygen atoms in total. The van der Waals surface area contributed by atoms with Gasteiger partial charge in [0.1, 0.15) is 13.2 Å². The molecular formula is C14H16N2O4. The maximum atomic E-state index is 11.9. The number of hydrogen-bond acceptors (Lipinski definition) is 4. The van der Waals surface area contributed by atoms with Crippen LogP contribution in [0.3, 0.4) is 0 Å². The van der Waals surface area contributed by atoms with Gasteiger partial charge >= 0.3 is 0 Å². The first kappa shape index (κ1) is 15.7. The number of amides is 2. The van der Waals surface area contributed by atoms with Gasteiger partial charge in [0.25, 0.3) is 5.91 Å². The summed E-state index contributed by atoms with van der Waals surface area (Å²) < 4.78 is 4.93. The molecule has 0 unspecified atom stereocenters. The van der Waals surface area contributed by atoms with Crippen molar-refractivity contribution in [3.8, 4) is 11.8 Å². The lowest BCUT2D eigenvalue weighted by atomic mass is 10.1. The van der Waals surface area contributed by atoms with E-state index in [1.54, 1.807) is 24.3 Å². The summed E-state index contributed by atoms with van der Waals surface area (Å²) in [6, 6.07) is 6.82. The molecule has 0 saturated heterocycles. The number of rotatable bonds is 6. The lowest BCUT2D eigenvalue weighted by molar-refractivity contribution is -0.122. The average Bonchev–Trinajstić information content (AvgIpc) is 2.44. The first-order valence-electron chi connectivity index (χ1n) is 5.98. The third-order valence-electron chi connectivity index (χ3n) is 2.25. The standard InChI is InChI=1S/C14H16N2O4/c15-13(18)10-20-9-7-16-14(19)12-6-2-1-4-11(12)5-3-8-17/h1-2,4,6,17H,7-10H2,(H2,15,18)(H,16,19). The van der Waals surface area contributed by atoms with Crippen molar-refractivity contribution in [3.63, 3.8) is 0 Å². The molecule has 2 amide bonds. The highest BCUT2D eigenvalue weighted by molar-refractivity contribution is 5.96. The van der Waals surface area contributed by atoms with E-state index >= 15 is 0 Å². The van der Waals surface area contributed by atoms with E-state index < -0.39 is 5.91 Å². The van der Waals surface area contributed by atoms with Gasteiger partial charge in [0.2, 0.25) is 5.91 Å². The van der Waals surface area contributed by atoms with Crippen LogP contribution < -0.4 is 11.1 Å². The Kier molecular flexibility index (Phi) is 6.82. The normalized spacial score (nSPS) is 9.45. The zero-order chi connectivity index (χ0) is 14.8. The van der Waals surface area contributed by atoms with Crippen LogP contribution >= 0.6 is 0 Å². The summed E-state index contributed by atoms with van der Waals surface area (Å²) in [4.78, 5) is 22.4. The van der Waals surface area contributed by atoms with Crippen molar-refractivity contribution in [1.29, 1.82) is 0 Å². The number of aliphatic hydroxyl groups excluding tert-OH is 1. The highest BCUT2D eigenvalue weighted by atomic mass is 16.5. The van der Waals surface area contributed by atoms with Gasteiger partial charge in [0.15, 0.2) is 0 Å². The number of primary amides is 1. The van der Waals surface area contributed by atoms with Crippen molar-refractivity contribution in [3.05, 3.63) is 35.4 Å². The van der Waals surface area contributed by atoms with Crippen LogP contribution in [-0.4, -0.2) is 43.3 Å². The number of carbonyl (C=O) groups excluding carboxylic acids is 2. The largest absolute Gasteiger partial charge is 0.384 e. The van der Waals surface area contributed by atoms with Gasteiger partial charge in [-0.15, -0.1) is 0 Å². The van der Waals surface area contributed by atoms with Crippen molar-refractivity contribution < 1.29 is 19.4 Å². The molecule has 20 heavy (non-hydrogen) atoms. The molecule has 0 fully saturated rings. The van der Waals surface area contributed by atoms with Crippen LogP contribution in [0.15, 0.2) is 24.3 Å². The Hall–Kier alpha value is -2.36. The molecule has 4 N–H and O–H groups in total. The molecule has 0 aliphatic carbocycles. The fraction of sp³-hybridized carbons (Fsp3) is 0.286. The van der Waals surface area contributed by atoms with E-state index in [1.807, 2.05) is 0 Å². The lowest BCUT2D eigenvalue weighted by Crippen LogP contribution is -2.29. The Morgan fingerprint density at radius 1 is 1.35 bits per heavy atom. The lowest BCUT2D eigenvalue weighted by Gasteiger charge is -2.07. The van der Waals surface area contributed by atoms with E-state index in [4.69, 9.17) is 15.6 Å². The van der Waals surface area contributed by atoms with Gasteiger partial charge in [-0.2, -0.15) is 0 Å². The molecule has 0 aliphatic rings. The highest BCUT2D eigenvalue weighted by Gasteiger charge is 2.08. The van der Waals surface area contributed by atoms with Crippen molar-refractivity contribution >= 4 is 11.8 Å².